The first-order chi connectivity index (χ1) is 6.61. The highest BCUT2D eigenvalue weighted by atomic mass is 35.5. The first kappa shape index (κ1) is 12.2. The van der Waals surface area contributed by atoms with E-state index in [-0.39, 0.29) is 18.4 Å². The summed E-state index contributed by atoms with van der Waals surface area (Å²) in [5.41, 5.74) is 0. The van der Waals surface area contributed by atoms with E-state index in [1.165, 1.54) is 11.4 Å². The molecule has 0 aromatic rings. The van der Waals surface area contributed by atoms with Crippen molar-refractivity contribution in [3.05, 3.63) is 0 Å². The average Bonchev–Trinajstić information content (AvgIpc) is 2.94. The van der Waals surface area contributed by atoms with E-state index in [2.05, 4.69) is 0 Å². The third kappa shape index (κ3) is 3.38. The van der Waals surface area contributed by atoms with Crippen LogP contribution < -0.4 is 0 Å². The number of sulfonamides is 1. The number of alkyl halides is 1. The molecule has 0 unspecified atom stereocenters. The Labute approximate surface area is 90.2 Å². The lowest BCUT2D eigenvalue weighted by Gasteiger charge is -2.20. The minimum atomic E-state index is -3.16. The maximum atomic E-state index is 11.7. The van der Waals surface area contributed by atoms with Crippen molar-refractivity contribution in [3.63, 3.8) is 0 Å². The van der Waals surface area contributed by atoms with Gasteiger partial charge >= 0.3 is 0 Å². The molecule has 0 N–H and O–H groups in total. The van der Waals surface area contributed by atoms with E-state index in [4.69, 9.17) is 16.3 Å². The van der Waals surface area contributed by atoms with Crippen molar-refractivity contribution < 1.29 is 13.2 Å². The Morgan fingerprint density at radius 1 is 1.50 bits per heavy atom. The highest BCUT2D eigenvalue weighted by molar-refractivity contribution is 7.89. The molecule has 0 spiro atoms. The van der Waals surface area contributed by atoms with Crippen LogP contribution in [0.2, 0.25) is 0 Å². The molecule has 1 fully saturated rings. The fourth-order valence-corrected chi connectivity index (χ4v) is 3.23. The van der Waals surface area contributed by atoms with Gasteiger partial charge in [0.15, 0.2) is 0 Å². The molecule has 0 aliphatic heterocycles. The predicted octanol–water partition coefficient (Wildman–Crippen LogP) is 0.666. The van der Waals surface area contributed by atoms with Gasteiger partial charge in [0.25, 0.3) is 0 Å². The van der Waals surface area contributed by atoms with Crippen LogP contribution >= 0.6 is 11.6 Å². The summed E-state index contributed by atoms with van der Waals surface area (Å²) in [5, 5.41) is 0. The summed E-state index contributed by atoms with van der Waals surface area (Å²) >= 11 is 5.57. The number of hydrogen-bond donors (Lipinski definition) is 0. The largest absolute Gasteiger partial charge is 0.384 e. The zero-order chi connectivity index (χ0) is 10.6. The lowest BCUT2D eigenvalue weighted by atomic mass is 10.6. The van der Waals surface area contributed by atoms with Crippen LogP contribution in [-0.4, -0.2) is 50.7 Å². The van der Waals surface area contributed by atoms with Gasteiger partial charge < -0.3 is 4.74 Å². The van der Waals surface area contributed by atoms with Crippen molar-refractivity contribution in [2.75, 3.05) is 31.9 Å². The van der Waals surface area contributed by atoms with E-state index in [1.807, 2.05) is 0 Å². The molecule has 84 valence electrons. The lowest BCUT2D eigenvalue weighted by molar-refractivity contribution is 0.215. The minimum Gasteiger partial charge on any atom is -0.384 e. The maximum absolute atomic E-state index is 11.7. The van der Waals surface area contributed by atoms with Gasteiger partial charge in [-0.1, -0.05) is 0 Å². The van der Waals surface area contributed by atoms with Crippen molar-refractivity contribution in [2.24, 2.45) is 0 Å². The van der Waals surface area contributed by atoms with Crippen LogP contribution in [0, 0.1) is 0 Å². The summed E-state index contributed by atoms with van der Waals surface area (Å²) in [4.78, 5) is 0. The quantitative estimate of drug-likeness (QED) is 0.616. The Bertz CT molecular complexity index is 264. The molecular weight excluding hydrogens is 226 g/mol. The topological polar surface area (TPSA) is 46.6 Å². The van der Waals surface area contributed by atoms with Gasteiger partial charge in [0, 0.05) is 25.6 Å². The highest BCUT2D eigenvalue weighted by Crippen LogP contribution is 2.29. The second-order valence-corrected chi connectivity index (χ2v) is 5.76. The van der Waals surface area contributed by atoms with Crippen molar-refractivity contribution >= 4 is 21.6 Å². The van der Waals surface area contributed by atoms with Gasteiger partial charge in [0.1, 0.15) is 0 Å². The Morgan fingerprint density at radius 2 is 2.14 bits per heavy atom. The summed E-state index contributed by atoms with van der Waals surface area (Å²) in [6.45, 7) is 0.659. The second-order valence-electron chi connectivity index (χ2n) is 3.34. The molecule has 0 atom stereocenters. The number of rotatable bonds is 7. The van der Waals surface area contributed by atoms with E-state index in [0.29, 0.717) is 12.4 Å². The van der Waals surface area contributed by atoms with Crippen LogP contribution in [0.25, 0.3) is 0 Å². The van der Waals surface area contributed by atoms with Crippen LogP contribution in [0.3, 0.4) is 0 Å². The molecule has 0 aromatic carbocycles. The van der Waals surface area contributed by atoms with Crippen LogP contribution in [0.4, 0.5) is 0 Å². The van der Waals surface area contributed by atoms with Gasteiger partial charge in [-0.15, -0.1) is 11.6 Å². The van der Waals surface area contributed by atoms with E-state index in [9.17, 15) is 8.42 Å². The van der Waals surface area contributed by atoms with Crippen LogP contribution in [0.5, 0.6) is 0 Å². The van der Waals surface area contributed by atoms with E-state index in [1.54, 1.807) is 0 Å². The van der Waals surface area contributed by atoms with Gasteiger partial charge in [-0.3, -0.25) is 0 Å². The van der Waals surface area contributed by atoms with E-state index in [0.717, 1.165) is 12.8 Å². The van der Waals surface area contributed by atoms with Crippen LogP contribution in [0.15, 0.2) is 0 Å². The van der Waals surface area contributed by atoms with E-state index < -0.39 is 10.0 Å². The van der Waals surface area contributed by atoms with Crippen molar-refractivity contribution in [3.8, 4) is 0 Å². The first-order valence-electron chi connectivity index (χ1n) is 4.66. The lowest BCUT2D eigenvalue weighted by Crippen LogP contribution is -2.37. The van der Waals surface area contributed by atoms with Gasteiger partial charge in [-0.2, -0.15) is 4.31 Å². The molecule has 6 heteroatoms. The number of halogens is 1. The van der Waals surface area contributed by atoms with Gasteiger partial charge in [0.2, 0.25) is 10.0 Å². The minimum absolute atomic E-state index is 0.0525. The molecule has 1 saturated carbocycles. The van der Waals surface area contributed by atoms with E-state index >= 15 is 0 Å². The third-order valence-electron chi connectivity index (χ3n) is 2.16. The average molecular weight is 242 g/mol. The van der Waals surface area contributed by atoms with Gasteiger partial charge in [-0.25, -0.2) is 8.42 Å². The molecule has 1 rings (SSSR count). The molecule has 1 aliphatic rings. The number of ether oxygens (including phenoxy) is 1. The summed E-state index contributed by atoms with van der Waals surface area (Å²) < 4.78 is 29.8. The SMILES string of the molecule is COCCS(=O)(=O)N(CCCl)C1CC1. The number of methoxy groups -OCH3 is 1. The zero-order valence-electron chi connectivity index (χ0n) is 8.28. The molecule has 0 amide bonds. The van der Waals surface area contributed by atoms with Crippen molar-refractivity contribution in [2.45, 2.75) is 18.9 Å². The molecule has 0 bridgehead atoms. The summed E-state index contributed by atoms with van der Waals surface area (Å²) in [7, 11) is -1.66. The monoisotopic (exact) mass is 241 g/mol. The second kappa shape index (κ2) is 5.30. The predicted molar refractivity (Wildman–Crippen MR) is 56.1 cm³/mol. The van der Waals surface area contributed by atoms with Crippen LogP contribution in [-0.2, 0) is 14.8 Å². The fraction of sp³-hybridized carbons (Fsp3) is 1.00. The van der Waals surface area contributed by atoms with Crippen molar-refractivity contribution in [1.29, 1.82) is 0 Å². The molecule has 4 nitrogen and oxygen atoms in total. The summed E-state index contributed by atoms with van der Waals surface area (Å²) in [6.07, 6.45) is 1.92. The Kier molecular flexibility index (Phi) is 4.63. The maximum Gasteiger partial charge on any atom is 0.216 e. The standard InChI is InChI=1S/C8H16ClNO3S/c1-13-6-7-14(11,12)10(5-4-9)8-2-3-8/h8H,2-7H2,1H3. The molecule has 0 radical (unpaired) electrons. The normalized spacial score (nSPS) is 17.6. The van der Waals surface area contributed by atoms with Gasteiger partial charge in [-0.05, 0) is 12.8 Å². The molecular formula is C8H16ClNO3S. The fourth-order valence-electron chi connectivity index (χ4n) is 1.30. The third-order valence-corrected chi connectivity index (χ3v) is 4.21. The van der Waals surface area contributed by atoms with Crippen LogP contribution in [0.1, 0.15) is 12.8 Å². The Hall–Kier alpha value is 0.160. The first-order valence-corrected chi connectivity index (χ1v) is 6.80. The molecule has 1 aliphatic carbocycles. The molecule has 0 saturated heterocycles. The summed E-state index contributed by atoms with van der Waals surface area (Å²) in [6, 6.07) is 0.190. The number of nitrogens with zero attached hydrogens (tertiary/aromatic N) is 1. The Morgan fingerprint density at radius 3 is 2.57 bits per heavy atom. The smallest absolute Gasteiger partial charge is 0.216 e. The molecule has 14 heavy (non-hydrogen) atoms. The highest BCUT2D eigenvalue weighted by Gasteiger charge is 2.36. The van der Waals surface area contributed by atoms with Gasteiger partial charge in [0.05, 0.1) is 12.4 Å². The van der Waals surface area contributed by atoms with Crippen molar-refractivity contribution in [1.82, 2.24) is 4.31 Å². The Balaban J connectivity index is 2.55. The molecule has 0 aromatic heterocycles. The number of hydrogen-bond acceptors (Lipinski definition) is 3. The zero-order valence-corrected chi connectivity index (χ0v) is 9.85. The molecule has 0 heterocycles. The summed E-state index contributed by atoms with van der Waals surface area (Å²) in [5.74, 6) is 0.402.